The van der Waals surface area contributed by atoms with Crippen LogP contribution in [0.4, 0.5) is 5.82 Å². The summed E-state index contributed by atoms with van der Waals surface area (Å²) in [7, 11) is 1.59. The van der Waals surface area contributed by atoms with E-state index in [4.69, 9.17) is 21.4 Å². The lowest BCUT2D eigenvalue weighted by Gasteiger charge is -2.08. The molecule has 0 radical (unpaired) electrons. The van der Waals surface area contributed by atoms with Gasteiger partial charge in [-0.3, -0.25) is 0 Å². The highest BCUT2D eigenvalue weighted by atomic mass is 35.5. The number of methoxy groups -OCH3 is 1. The maximum atomic E-state index is 11.0. The number of carboxylic acids is 1. The quantitative estimate of drug-likeness (QED) is 0.881. The minimum absolute atomic E-state index is 0.132. The molecule has 2 N–H and O–H groups in total. The van der Waals surface area contributed by atoms with E-state index in [1.165, 1.54) is 6.20 Å². The Hall–Kier alpha value is -2.34. The Morgan fingerprint density at radius 1 is 1.40 bits per heavy atom. The molecule has 0 saturated heterocycles. The molecule has 0 unspecified atom stereocenters. The van der Waals surface area contributed by atoms with E-state index in [0.717, 1.165) is 11.3 Å². The Morgan fingerprint density at radius 3 is 2.70 bits per heavy atom. The second kappa shape index (κ2) is 6.21. The zero-order valence-electron chi connectivity index (χ0n) is 10.6. The molecule has 2 rings (SSSR count). The summed E-state index contributed by atoms with van der Waals surface area (Å²) in [6, 6.07) is 7.37. The highest BCUT2D eigenvalue weighted by Gasteiger charge is 2.13. The number of hydrogen-bond donors (Lipinski definition) is 2. The average molecular weight is 294 g/mol. The number of carbonyl (C=O) groups is 1. The maximum Gasteiger partial charge on any atom is 0.358 e. The Kier molecular flexibility index (Phi) is 4.37. The fourth-order valence-electron chi connectivity index (χ4n) is 1.58. The molecule has 7 heteroatoms. The molecule has 0 bridgehead atoms. The summed E-state index contributed by atoms with van der Waals surface area (Å²) in [6.07, 6.45) is 1.20. The van der Waals surface area contributed by atoms with Gasteiger partial charge in [-0.2, -0.15) is 0 Å². The van der Waals surface area contributed by atoms with Gasteiger partial charge in [-0.1, -0.05) is 23.7 Å². The fraction of sp³-hybridized carbons (Fsp3) is 0.154. The van der Waals surface area contributed by atoms with Crippen molar-refractivity contribution in [1.29, 1.82) is 0 Å². The number of aromatic nitrogens is 2. The van der Waals surface area contributed by atoms with Gasteiger partial charge in [0.2, 0.25) is 0 Å². The molecule has 1 aromatic carbocycles. The zero-order chi connectivity index (χ0) is 14.5. The average Bonchev–Trinajstić information content (AvgIpc) is 2.45. The van der Waals surface area contributed by atoms with Crippen molar-refractivity contribution in [2.45, 2.75) is 6.54 Å². The number of nitrogens with zero attached hydrogens (tertiary/aromatic N) is 2. The predicted molar refractivity (Wildman–Crippen MR) is 74.3 cm³/mol. The van der Waals surface area contributed by atoms with Crippen LogP contribution in [0.5, 0.6) is 5.75 Å². The van der Waals surface area contributed by atoms with Gasteiger partial charge in [-0.25, -0.2) is 14.8 Å². The number of hydrogen-bond acceptors (Lipinski definition) is 5. The van der Waals surface area contributed by atoms with Crippen molar-refractivity contribution in [3.8, 4) is 5.75 Å². The third-order valence-corrected chi connectivity index (χ3v) is 2.75. The standard InChI is InChI=1S/C13H12ClN3O3/c1-20-9-4-2-8(3-5-9)6-16-12-11(13(18)19)15-7-10(14)17-12/h2-5,7H,6H2,1H3,(H,16,17)(H,18,19). The number of nitrogens with one attached hydrogen (secondary N) is 1. The summed E-state index contributed by atoms with van der Waals surface area (Å²) in [5, 5.41) is 12.1. The monoisotopic (exact) mass is 293 g/mol. The number of aromatic carboxylic acids is 1. The van der Waals surface area contributed by atoms with Crippen LogP contribution >= 0.6 is 11.6 Å². The number of carboxylic acid groups (broad SMARTS) is 1. The van der Waals surface area contributed by atoms with Gasteiger partial charge in [0, 0.05) is 6.54 Å². The molecule has 6 nitrogen and oxygen atoms in total. The molecule has 0 aliphatic heterocycles. The van der Waals surface area contributed by atoms with Crippen LogP contribution in [-0.4, -0.2) is 28.2 Å². The van der Waals surface area contributed by atoms with Crippen LogP contribution in [0.2, 0.25) is 5.15 Å². The summed E-state index contributed by atoms with van der Waals surface area (Å²) >= 11 is 5.72. The van der Waals surface area contributed by atoms with Crippen molar-refractivity contribution in [3.05, 3.63) is 46.9 Å². The molecule has 1 aromatic heterocycles. The molecular formula is C13H12ClN3O3. The van der Waals surface area contributed by atoms with Crippen LogP contribution < -0.4 is 10.1 Å². The van der Waals surface area contributed by atoms with E-state index in [-0.39, 0.29) is 16.7 Å². The summed E-state index contributed by atoms with van der Waals surface area (Å²) in [5.41, 5.74) is 0.784. The summed E-state index contributed by atoms with van der Waals surface area (Å²) < 4.78 is 5.06. The third kappa shape index (κ3) is 3.36. The smallest absolute Gasteiger partial charge is 0.358 e. The van der Waals surface area contributed by atoms with E-state index in [9.17, 15) is 4.79 Å². The van der Waals surface area contributed by atoms with E-state index < -0.39 is 5.97 Å². The van der Waals surface area contributed by atoms with Gasteiger partial charge in [0.05, 0.1) is 13.3 Å². The molecule has 20 heavy (non-hydrogen) atoms. The predicted octanol–water partition coefficient (Wildman–Crippen LogP) is 2.45. The van der Waals surface area contributed by atoms with E-state index in [2.05, 4.69) is 15.3 Å². The molecule has 0 spiro atoms. The number of rotatable bonds is 5. The molecule has 0 atom stereocenters. The molecule has 0 aliphatic rings. The SMILES string of the molecule is COc1ccc(CNc2nc(Cl)cnc2C(=O)O)cc1. The van der Waals surface area contributed by atoms with Gasteiger partial charge >= 0.3 is 5.97 Å². The first kappa shape index (κ1) is 14.1. The van der Waals surface area contributed by atoms with Crippen molar-refractivity contribution in [3.63, 3.8) is 0 Å². The molecule has 0 aliphatic carbocycles. The van der Waals surface area contributed by atoms with Gasteiger partial charge in [0.1, 0.15) is 10.9 Å². The van der Waals surface area contributed by atoms with Crippen molar-refractivity contribution in [1.82, 2.24) is 9.97 Å². The van der Waals surface area contributed by atoms with Crippen LogP contribution in [0.1, 0.15) is 16.1 Å². The number of halogens is 1. The Labute approximate surface area is 120 Å². The molecule has 0 saturated carbocycles. The van der Waals surface area contributed by atoms with Gasteiger partial charge in [0.15, 0.2) is 11.5 Å². The topological polar surface area (TPSA) is 84.3 Å². The van der Waals surface area contributed by atoms with Crippen LogP contribution in [-0.2, 0) is 6.54 Å². The third-order valence-electron chi connectivity index (χ3n) is 2.56. The molecule has 0 fully saturated rings. The second-order valence-corrected chi connectivity index (χ2v) is 4.28. The lowest BCUT2D eigenvalue weighted by Crippen LogP contribution is -2.10. The van der Waals surface area contributed by atoms with Crippen LogP contribution in [0.25, 0.3) is 0 Å². The Morgan fingerprint density at radius 2 is 2.10 bits per heavy atom. The second-order valence-electron chi connectivity index (χ2n) is 3.90. The minimum Gasteiger partial charge on any atom is -0.497 e. The van der Waals surface area contributed by atoms with Gasteiger partial charge in [-0.05, 0) is 17.7 Å². The molecule has 2 aromatic rings. The van der Waals surface area contributed by atoms with E-state index >= 15 is 0 Å². The zero-order valence-corrected chi connectivity index (χ0v) is 11.4. The van der Waals surface area contributed by atoms with Crippen molar-refractivity contribution in [2.24, 2.45) is 0 Å². The Balaban J connectivity index is 2.13. The van der Waals surface area contributed by atoms with E-state index in [0.29, 0.717) is 6.54 Å². The minimum atomic E-state index is -1.16. The van der Waals surface area contributed by atoms with Crippen molar-refractivity contribution >= 4 is 23.4 Å². The van der Waals surface area contributed by atoms with Gasteiger partial charge in [0.25, 0.3) is 0 Å². The lowest BCUT2D eigenvalue weighted by atomic mass is 10.2. The molecule has 1 heterocycles. The van der Waals surface area contributed by atoms with E-state index in [1.54, 1.807) is 7.11 Å². The fourth-order valence-corrected chi connectivity index (χ4v) is 1.71. The Bertz CT molecular complexity index is 617. The number of anilines is 1. The lowest BCUT2D eigenvalue weighted by molar-refractivity contribution is 0.0691. The van der Waals surface area contributed by atoms with Gasteiger partial charge < -0.3 is 15.2 Å². The highest BCUT2D eigenvalue weighted by Crippen LogP contribution is 2.16. The van der Waals surface area contributed by atoms with Crippen molar-refractivity contribution in [2.75, 3.05) is 12.4 Å². The maximum absolute atomic E-state index is 11.0. The van der Waals surface area contributed by atoms with Gasteiger partial charge in [-0.15, -0.1) is 0 Å². The normalized spacial score (nSPS) is 10.1. The molecule has 104 valence electrons. The van der Waals surface area contributed by atoms with Crippen LogP contribution in [0.3, 0.4) is 0 Å². The van der Waals surface area contributed by atoms with Crippen LogP contribution in [0, 0.1) is 0 Å². The first-order valence-corrected chi connectivity index (χ1v) is 6.10. The largest absolute Gasteiger partial charge is 0.497 e. The molecule has 0 amide bonds. The summed E-state index contributed by atoms with van der Waals surface area (Å²) in [4.78, 5) is 18.7. The molecular weight excluding hydrogens is 282 g/mol. The van der Waals surface area contributed by atoms with Crippen molar-refractivity contribution < 1.29 is 14.6 Å². The first-order chi connectivity index (χ1) is 9.60. The summed E-state index contributed by atoms with van der Waals surface area (Å²) in [5.74, 6) is -0.269. The first-order valence-electron chi connectivity index (χ1n) is 5.73. The van der Waals surface area contributed by atoms with Crippen LogP contribution in [0.15, 0.2) is 30.5 Å². The summed E-state index contributed by atoms with van der Waals surface area (Å²) in [6.45, 7) is 0.402. The number of benzene rings is 1. The number of ether oxygens (including phenoxy) is 1. The van der Waals surface area contributed by atoms with E-state index in [1.807, 2.05) is 24.3 Å². The highest BCUT2D eigenvalue weighted by molar-refractivity contribution is 6.29.